The van der Waals surface area contributed by atoms with Crippen molar-refractivity contribution in [3.8, 4) is 0 Å². The van der Waals surface area contributed by atoms with Gasteiger partial charge in [0.15, 0.2) is 0 Å². The Balaban J connectivity index is -0.000000213. The van der Waals surface area contributed by atoms with Gasteiger partial charge >= 0.3 is 0 Å². The summed E-state index contributed by atoms with van der Waals surface area (Å²) in [6.07, 6.45) is 9.08. The summed E-state index contributed by atoms with van der Waals surface area (Å²) in [5.41, 5.74) is 0. The summed E-state index contributed by atoms with van der Waals surface area (Å²) in [5, 5.41) is 0. The molecule has 4 heteroatoms. The molecular weight excluding hydrogens is 268 g/mol. The maximum Gasteiger partial charge on any atom is 0.137 e. The van der Waals surface area contributed by atoms with Crippen molar-refractivity contribution in [2.75, 3.05) is 0 Å². The second-order valence-electron chi connectivity index (χ2n) is 5.52. The van der Waals surface area contributed by atoms with Gasteiger partial charge in [0.1, 0.15) is 23.1 Å². The SMILES string of the molecule is C1CCCCC1.CC(=O)CC(C)=O.CC(C)=O.CC(C)=O. The van der Waals surface area contributed by atoms with Gasteiger partial charge in [0.2, 0.25) is 0 Å². The standard InChI is InChI=1S/C6H12.C5H8O2.2C3H6O/c1-2-4-6-5-3-1;1-4(6)3-5(2)7;2*1-3(2)4/h1-6H2;3H2,1-2H3;2*1-2H3. The molecule has 1 saturated carbocycles. The summed E-state index contributed by atoms with van der Waals surface area (Å²) >= 11 is 0. The van der Waals surface area contributed by atoms with Crippen molar-refractivity contribution < 1.29 is 19.2 Å². The first kappa shape index (κ1) is 24.7. The Morgan fingerprint density at radius 2 is 0.667 bits per heavy atom. The zero-order valence-corrected chi connectivity index (χ0v) is 14.6. The van der Waals surface area contributed by atoms with Gasteiger partial charge < -0.3 is 9.59 Å². The molecule has 0 aliphatic heterocycles. The first-order valence-corrected chi connectivity index (χ1v) is 7.52. The van der Waals surface area contributed by atoms with Crippen molar-refractivity contribution in [1.82, 2.24) is 0 Å². The molecule has 0 aromatic carbocycles. The first-order chi connectivity index (χ1) is 9.59. The summed E-state index contributed by atoms with van der Waals surface area (Å²) in [5.74, 6) is 0.208. The van der Waals surface area contributed by atoms with Crippen molar-refractivity contribution in [2.24, 2.45) is 0 Å². The smallest absolute Gasteiger partial charge is 0.137 e. The number of ketones is 4. The van der Waals surface area contributed by atoms with Gasteiger partial charge in [-0.3, -0.25) is 9.59 Å². The van der Waals surface area contributed by atoms with E-state index in [1.54, 1.807) is 0 Å². The lowest BCUT2D eigenvalue weighted by atomic mass is 10.0. The molecule has 0 N–H and O–H groups in total. The lowest BCUT2D eigenvalue weighted by Gasteiger charge is -2.05. The van der Waals surface area contributed by atoms with Crippen LogP contribution in [0.2, 0.25) is 0 Å². The Hall–Kier alpha value is -1.32. The average molecular weight is 300 g/mol. The maximum absolute atomic E-state index is 10.0. The van der Waals surface area contributed by atoms with Crippen LogP contribution in [-0.4, -0.2) is 23.1 Å². The van der Waals surface area contributed by atoms with Gasteiger partial charge in [-0.15, -0.1) is 0 Å². The van der Waals surface area contributed by atoms with E-state index in [1.807, 2.05) is 0 Å². The van der Waals surface area contributed by atoms with Crippen LogP contribution in [0.3, 0.4) is 0 Å². The van der Waals surface area contributed by atoms with E-state index >= 15 is 0 Å². The number of hydrogen-bond acceptors (Lipinski definition) is 4. The fourth-order valence-corrected chi connectivity index (χ4v) is 1.41. The van der Waals surface area contributed by atoms with Crippen LogP contribution in [0.15, 0.2) is 0 Å². The van der Waals surface area contributed by atoms with Gasteiger partial charge in [-0.25, -0.2) is 0 Å². The molecule has 1 fully saturated rings. The van der Waals surface area contributed by atoms with Crippen LogP contribution in [0.5, 0.6) is 0 Å². The van der Waals surface area contributed by atoms with E-state index in [1.165, 1.54) is 80.1 Å². The molecule has 0 radical (unpaired) electrons. The summed E-state index contributed by atoms with van der Waals surface area (Å²) in [6.45, 7) is 8.92. The minimum absolute atomic E-state index is 0.0625. The third-order valence-corrected chi connectivity index (χ3v) is 2.00. The Morgan fingerprint density at radius 3 is 0.714 bits per heavy atom. The average Bonchev–Trinajstić information content (AvgIpc) is 2.28. The summed E-state index contributed by atoms with van der Waals surface area (Å²) in [4.78, 5) is 39.0. The van der Waals surface area contributed by atoms with Crippen molar-refractivity contribution in [3.05, 3.63) is 0 Å². The molecule has 4 nitrogen and oxygen atoms in total. The molecule has 0 aromatic heterocycles. The van der Waals surface area contributed by atoms with E-state index in [-0.39, 0.29) is 29.6 Å². The van der Waals surface area contributed by atoms with Crippen molar-refractivity contribution in [1.29, 1.82) is 0 Å². The minimum atomic E-state index is -0.0625. The fourth-order valence-electron chi connectivity index (χ4n) is 1.41. The zero-order chi connectivity index (χ0) is 17.3. The van der Waals surface area contributed by atoms with Crippen LogP contribution in [0.25, 0.3) is 0 Å². The zero-order valence-electron chi connectivity index (χ0n) is 14.6. The number of carbonyl (C=O) groups excluding carboxylic acids is 4. The van der Waals surface area contributed by atoms with Gasteiger partial charge in [0, 0.05) is 0 Å². The molecule has 0 amide bonds. The normalized spacial score (nSPS) is 12.1. The molecule has 1 aliphatic carbocycles. The minimum Gasteiger partial charge on any atom is -0.300 e. The number of rotatable bonds is 2. The van der Waals surface area contributed by atoms with E-state index in [2.05, 4.69) is 0 Å². The maximum atomic E-state index is 10.0. The van der Waals surface area contributed by atoms with E-state index in [0.29, 0.717) is 0 Å². The highest BCUT2D eigenvalue weighted by molar-refractivity contribution is 5.96. The largest absolute Gasteiger partial charge is 0.300 e. The highest BCUT2D eigenvalue weighted by Gasteiger charge is 1.95. The fraction of sp³-hybridized carbons (Fsp3) is 0.765. The predicted molar refractivity (Wildman–Crippen MR) is 86.4 cm³/mol. The second-order valence-corrected chi connectivity index (χ2v) is 5.52. The molecular formula is C17H32O4. The summed E-state index contributed by atoms with van der Waals surface area (Å²) in [7, 11) is 0. The molecule has 1 rings (SSSR count). The van der Waals surface area contributed by atoms with Crippen LogP contribution < -0.4 is 0 Å². The lowest BCUT2D eigenvalue weighted by molar-refractivity contribution is -0.124. The van der Waals surface area contributed by atoms with Crippen molar-refractivity contribution >= 4 is 23.1 Å². The second kappa shape index (κ2) is 18.7. The van der Waals surface area contributed by atoms with Gasteiger partial charge in [0.05, 0.1) is 6.42 Å². The van der Waals surface area contributed by atoms with E-state index < -0.39 is 0 Å². The molecule has 1 aliphatic rings. The van der Waals surface area contributed by atoms with E-state index in [4.69, 9.17) is 0 Å². The Morgan fingerprint density at radius 1 is 0.524 bits per heavy atom. The van der Waals surface area contributed by atoms with E-state index in [9.17, 15) is 19.2 Å². The van der Waals surface area contributed by atoms with Crippen LogP contribution in [0.4, 0.5) is 0 Å². The van der Waals surface area contributed by atoms with E-state index in [0.717, 1.165) is 0 Å². The monoisotopic (exact) mass is 300 g/mol. The van der Waals surface area contributed by atoms with Gasteiger partial charge in [-0.05, 0) is 41.5 Å². The van der Waals surface area contributed by atoms with Crippen molar-refractivity contribution in [3.63, 3.8) is 0 Å². The molecule has 0 unspecified atom stereocenters. The highest BCUT2D eigenvalue weighted by Crippen LogP contribution is 2.15. The molecule has 0 heterocycles. The molecule has 124 valence electrons. The Labute approximate surface area is 129 Å². The first-order valence-electron chi connectivity index (χ1n) is 7.52. The lowest BCUT2D eigenvalue weighted by Crippen LogP contribution is -1.97. The Kier molecular flexibility index (Phi) is 22.0. The van der Waals surface area contributed by atoms with Crippen molar-refractivity contribution in [2.45, 2.75) is 86.5 Å². The molecule has 0 bridgehead atoms. The Bertz CT molecular complexity index is 258. The predicted octanol–water partition coefficient (Wildman–Crippen LogP) is 4.09. The molecule has 21 heavy (non-hydrogen) atoms. The highest BCUT2D eigenvalue weighted by atomic mass is 16.1. The van der Waals surface area contributed by atoms with Crippen LogP contribution in [0.1, 0.15) is 86.5 Å². The van der Waals surface area contributed by atoms with Gasteiger partial charge in [-0.1, -0.05) is 38.5 Å². The third-order valence-electron chi connectivity index (χ3n) is 2.00. The van der Waals surface area contributed by atoms with Crippen LogP contribution in [0, 0.1) is 0 Å². The molecule has 0 saturated heterocycles. The molecule has 0 atom stereocenters. The third kappa shape index (κ3) is 69.0. The van der Waals surface area contributed by atoms with Crippen LogP contribution in [-0.2, 0) is 19.2 Å². The summed E-state index contributed by atoms with van der Waals surface area (Å²) < 4.78 is 0. The number of Topliss-reactive ketones (excluding diaryl/α,β-unsaturated/α-hetero) is 4. The molecule has 0 spiro atoms. The quantitative estimate of drug-likeness (QED) is 0.720. The molecule has 0 aromatic rings. The number of carbonyl (C=O) groups is 4. The van der Waals surface area contributed by atoms with Gasteiger partial charge in [-0.2, -0.15) is 0 Å². The number of hydrogen-bond donors (Lipinski definition) is 0. The topological polar surface area (TPSA) is 68.3 Å². The van der Waals surface area contributed by atoms with Crippen LogP contribution >= 0.6 is 0 Å². The van der Waals surface area contributed by atoms with Gasteiger partial charge in [0.25, 0.3) is 0 Å². The summed E-state index contributed by atoms with van der Waals surface area (Å²) in [6, 6.07) is 0.